The van der Waals surface area contributed by atoms with E-state index >= 15 is 0 Å². The molecule has 108 valence electrons. The first-order valence-electron chi connectivity index (χ1n) is 6.71. The quantitative estimate of drug-likeness (QED) is 0.864. The molecule has 4 nitrogen and oxygen atoms in total. The lowest BCUT2D eigenvalue weighted by molar-refractivity contribution is -0.118. The van der Waals surface area contributed by atoms with Crippen molar-refractivity contribution in [2.75, 3.05) is 17.2 Å². The number of halogens is 1. The van der Waals surface area contributed by atoms with Crippen molar-refractivity contribution in [3.05, 3.63) is 53.8 Å². The second-order valence-electron chi connectivity index (χ2n) is 4.89. The molecule has 0 aromatic heterocycles. The number of hydrogen-bond donors (Lipinski definition) is 1. The summed E-state index contributed by atoms with van der Waals surface area (Å²) in [6.45, 7) is 0.649. The second-order valence-corrected chi connectivity index (χ2v) is 4.89. The summed E-state index contributed by atoms with van der Waals surface area (Å²) in [6.07, 6.45) is 0.301. The molecule has 0 aliphatic carbocycles. The Bertz CT molecular complexity index is 688. The van der Waals surface area contributed by atoms with Crippen LogP contribution in [0.2, 0.25) is 0 Å². The molecule has 0 atom stereocenters. The van der Waals surface area contributed by atoms with E-state index in [4.69, 9.17) is 10.5 Å². The van der Waals surface area contributed by atoms with Crippen molar-refractivity contribution in [1.29, 1.82) is 0 Å². The normalized spacial score (nSPS) is 14.3. The van der Waals surface area contributed by atoms with Crippen LogP contribution >= 0.6 is 0 Å². The number of nitrogens with zero attached hydrogens (tertiary/aromatic N) is 1. The Balaban J connectivity index is 1.98. The topological polar surface area (TPSA) is 55.6 Å². The molecule has 5 heteroatoms. The van der Waals surface area contributed by atoms with Crippen molar-refractivity contribution in [2.24, 2.45) is 0 Å². The number of ether oxygens (including phenoxy) is 1. The van der Waals surface area contributed by atoms with Gasteiger partial charge < -0.3 is 15.4 Å². The zero-order chi connectivity index (χ0) is 14.8. The predicted octanol–water partition coefficient (Wildman–Crippen LogP) is 2.72. The van der Waals surface area contributed by atoms with Gasteiger partial charge in [0, 0.05) is 5.69 Å². The highest BCUT2D eigenvalue weighted by atomic mass is 19.1. The standard InChI is InChI=1S/C16H15FN2O2/c17-12-6-5-11(13(18)9-12)10-19-14-3-1-2-4-15(14)21-8-7-16(19)20/h1-6,9H,7-8,10,18H2. The van der Waals surface area contributed by atoms with Crippen LogP contribution in [0.5, 0.6) is 5.75 Å². The molecule has 2 aromatic carbocycles. The summed E-state index contributed by atoms with van der Waals surface area (Å²) in [5.41, 5.74) is 7.59. The largest absolute Gasteiger partial charge is 0.491 e. The zero-order valence-electron chi connectivity index (χ0n) is 11.4. The Morgan fingerprint density at radius 2 is 2.05 bits per heavy atom. The highest BCUT2D eigenvalue weighted by Crippen LogP contribution is 2.32. The lowest BCUT2D eigenvalue weighted by atomic mass is 10.1. The maximum absolute atomic E-state index is 13.1. The van der Waals surface area contributed by atoms with Gasteiger partial charge in [-0.15, -0.1) is 0 Å². The van der Waals surface area contributed by atoms with Gasteiger partial charge in [-0.05, 0) is 29.8 Å². The number of para-hydroxylation sites is 2. The van der Waals surface area contributed by atoms with Crippen molar-refractivity contribution >= 4 is 17.3 Å². The molecule has 1 amide bonds. The van der Waals surface area contributed by atoms with Gasteiger partial charge in [0.25, 0.3) is 0 Å². The third-order valence-electron chi connectivity index (χ3n) is 3.47. The lowest BCUT2D eigenvalue weighted by Crippen LogP contribution is -2.30. The van der Waals surface area contributed by atoms with Crippen LogP contribution in [0.4, 0.5) is 15.8 Å². The van der Waals surface area contributed by atoms with E-state index in [9.17, 15) is 9.18 Å². The maximum atomic E-state index is 13.1. The molecule has 0 bridgehead atoms. The number of carbonyl (C=O) groups excluding carboxylic acids is 1. The number of carbonyl (C=O) groups is 1. The third kappa shape index (κ3) is 2.67. The van der Waals surface area contributed by atoms with E-state index in [-0.39, 0.29) is 11.7 Å². The van der Waals surface area contributed by atoms with Crippen molar-refractivity contribution in [2.45, 2.75) is 13.0 Å². The Hall–Kier alpha value is -2.56. The predicted molar refractivity (Wildman–Crippen MR) is 78.6 cm³/mol. The highest BCUT2D eigenvalue weighted by Gasteiger charge is 2.23. The fourth-order valence-electron chi connectivity index (χ4n) is 2.37. The minimum absolute atomic E-state index is 0.0383. The van der Waals surface area contributed by atoms with Gasteiger partial charge in [0.1, 0.15) is 11.6 Å². The summed E-state index contributed by atoms with van der Waals surface area (Å²) < 4.78 is 18.7. The molecule has 0 saturated carbocycles. The Kier molecular flexibility index (Phi) is 3.48. The number of amides is 1. The molecule has 0 spiro atoms. The summed E-state index contributed by atoms with van der Waals surface area (Å²) in [5.74, 6) is 0.245. The number of fused-ring (bicyclic) bond motifs is 1. The van der Waals surface area contributed by atoms with Crippen LogP contribution in [-0.4, -0.2) is 12.5 Å². The zero-order valence-corrected chi connectivity index (χ0v) is 11.4. The molecule has 0 fully saturated rings. The van der Waals surface area contributed by atoms with E-state index in [0.29, 0.717) is 42.3 Å². The van der Waals surface area contributed by atoms with Crippen LogP contribution < -0.4 is 15.4 Å². The van der Waals surface area contributed by atoms with Gasteiger partial charge in [-0.25, -0.2) is 4.39 Å². The lowest BCUT2D eigenvalue weighted by Gasteiger charge is -2.22. The van der Waals surface area contributed by atoms with Crippen LogP contribution in [0.1, 0.15) is 12.0 Å². The molecule has 1 heterocycles. The fraction of sp³-hybridized carbons (Fsp3) is 0.188. The number of anilines is 2. The van der Waals surface area contributed by atoms with E-state index in [1.54, 1.807) is 11.0 Å². The first-order chi connectivity index (χ1) is 10.1. The SMILES string of the molecule is Nc1cc(F)ccc1CN1C(=O)CCOc2ccccc21. The molecule has 0 saturated heterocycles. The maximum Gasteiger partial charge on any atom is 0.230 e. The van der Waals surface area contributed by atoms with Crippen LogP contribution in [-0.2, 0) is 11.3 Å². The van der Waals surface area contributed by atoms with Crippen LogP contribution in [0.3, 0.4) is 0 Å². The first kappa shape index (κ1) is 13.4. The number of rotatable bonds is 2. The molecule has 0 radical (unpaired) electrons. The number of nitrogens with two attached hydrogens (primary N) is 1. The van der Waals surface area contributed by atoms with Gasteiger partial charge >= 0.3 is 0 Å². The fourth-order valence-corrected chi connectivity index (χ4v) is 2.37. The number of hydrogen-bond acceptors (Lipinski definition) is 3. The summed E-state index contributed by atoms with van der Waals surface area (Å²) >= 11 is 0. The van der Waals surface area contributed by atoms with Crippen molar-refractivity contribution in [3.8, 4) is 5.75 Å². The van der Waals surface area contributed by atoms with Gasteiger partial charge in [0.05, 0.1) is 25.3 Å². The molecule has 1 aliphatic rings. The number of nitrogen functional groups attached to an aromatic ring is 1. The average molecular weight is 286 g/mol. The van der Waals surface area contributed by atoms with E-state index < -0.39 is 0 Å². The Labute approximate surface area is 121 Å². The molecule has 2 aromatic rings. The molecule has 0 unspecified atom stereocenters. The molecule has 2 N–H and O–H groups in total. The molecule has 3 rings (SSSR count). The van der Waals surface area contributed by atoms with Crippen molar-refractivity contribution in [3.63, 3.8) is 0 Å². The van der Waals surface area contributed by atoms with Crippen LogP contribution in [0.15, 0.2) is 42.5 Å². The second kappa shape index (κ2) is 5.44. The van der Waals surface area contributed by atoms with Gasteiger partial charge in [0.2, 0.25) is 5.91 Å². The van der Waals surface area contributed by atoms with Crippen LogP contribution in [0.25, 0.3) is 0 Å². The van der Waals surface area contributed by atoms with E-state index in [1.165, 1.54) is 12.1 Å². The third-order valence-corrected chi connectivity index (χ3v) is 3.47. The summed E-state index contributed by atoms with van der Waals surface area (Å²) in [7, 11) is 0. The minimum Gasteiger partial charge on any atom is -0.491 e. The molecule has 1 aliphatic heterocycles. The van der Waals surface area contributed by atoms with Crippen molar-refractivity contribution in [1.82, 2.24) is 0 Å². The van der Waals surface area contributed by atoms with Gasteiger partial charge in [-0.3, -0.25) is 4.79 Å². The average Bonchev–Trinajstić information content (AvgIpc) is 2.62. The Morgan fingerprint density at radius 3 is 2.86 bits per heavy atom. The molecular formula is C16H15FN2O2. The molecule has 21 heavy (non-hydrogen) atoms. The van der Waals surface area contributed by atoms with Gasteiger partial charge in [0.15, 0.2) is 0 Å². The number of benzene rings is 2. The molecular weight excluding hydrogens is 271 g/mol. The minimum atomic E-state index is -0.387. The van der Waals surface area contributed by atoms with Crippen LogP contribution in [0, 0.1) is 5.82 Å². The smallest absolute Gasteiger partial charge is 0.230 e. The first-order valence-corrected chi connectivity index (χ1v) is 6.71. The van der Waals surface area contributed by atoms with E-state index in [2.05, 4.69) is 0 Å². The van der Waals surface area contributed by atoms with E-state index in [0.717, 1.165) is 0 Å². The van der Waals surface area contributed by atoms with Gasteiger partial charge in [-0.1, -0.05) is 18.2 Å². The summed E-state index contributed by atoms with van der Waals surface area (Å²) in [5, 5.41) is 0. The summed E-state index contributed by atoms with van der Waals surface area (Å²) in [4.78, 5) is 13.9. The van der Waals surface area contributed by atoms with E-state index in [1.807, 2.05) is 24.3 Å². The Morgan fingerprint density at radius 1 is 1.24 bits per heavy atom. The summed E-state index contributed by atoms with van der Waals surface area (Å²) in [6, 6.07) is 11.6. The van der Waals surface area contributed by atoms with Gasteiger partial charge in [-0.2, -0.15) is 0 Å². The van der Waals surface area contributed by atoms with Crippen molar-refractivity contribution < 1.29 is 13.9 Å². The monoisotopic (exact) mass is 286 g/mol. The highest BCUT2D eigenvalue weighted by molar-refractivity contribution is 5.95.